The molecule has 0 aromatic rings. The third kappa shape index (κ3) is 3.74. The summed E-state index contributed by atoms with van der Waals surface area (Å²) in [5, 5.41) is 9.08. The van der Waals surface area contributed by atoms with E-state index in [-0.39, 0.29) is 6.61 Å². The number of hydrogen-bond donors (Lipinski definition) is 2. The van der Waals surface area contributed by atoms with Crippen LogP contribution in [0.3, 0.4) is 0 Å². The number of hydrogen-bond acceptors (Lipinski definition) is 3. The van der Waals surface area contributed by atoms with Gasteiger partial charge in [-0.15, -0.1) is 0 Å². The summed E-state index contributed by atoms with van der Waals surface area (Å²) < 4.78 is 0. The van der Waals surface area contributed by atoms with Crippen LogP contribution >= 0.6 is 0 Å². The van der Waals surface area contributed by atoms with Gasteiger partial charge in [0.25, 0.3) is 0 Å². The van der Waals surface area contributed by atoms with Crippen molar-refractivity contribution in [1.29, 1.82) is 0 Å². The first kappa shape index (κ1) is 12.9. The fourth-order valence-corrected chi connectivity index (χ4v) is 2.71. The number of aliphatic hydroxyl groups is 1. The SMILES string of the molecule is CCCCN(CCO)C1CCCC1CN. The summed E-state index contributed by atoms with van der Waals surface area (Å²) in [4.78, 5) is 2.45. The number of rotatable bonds is 7. The number of unbranched alkanes of at least 4 members (excludes halogenated alkanes) is 1. The van der Waals surface area contributed by atoms with Gasteiger partial charge in [-0.3, -0.25) is 4.90 Å². The van der Waals surface area contributed by atoms with Gasteiger partial charge in [0.2, 0.25) is 0 Å². The lowest BCUT2D eigenvalue weighted by Gasteiger charge is -2.32. The van der Waals surface area contributed by atoms with Crippen molar-refractivity contribution in [3.63, 3.8) is 0 Å². The van der Waals surface area contributed by atoms with E-state index in [1.54, 1.807) is 0 Å². The lowest BCUT2D eigenvalue weighted by molar-refractivity contribution is 0.126. The summed E-state index contributed by atoms with van der Waals surface area (Å²) in [6, 6.07) is 0.633. The van der Waals surface area contributed by atoms with Crippen molar-refractivity contribution in [1.82, 2.24) is 4.90 Å². The average Bonchev–Trinajstić information content (AvgIpc) is 2.72. The Morgan fingerprint density at radius 3 is 2.73 bits per heavy atom. The average molecular weight is 214 g/mol. The second kappa shape index (κ2) is 7.20. The molecule has 3 N–H and O–H groups in total. The topological polar surface area (TPSA) is 49.5 Å². The number of nitrogens with two attached hydrogens (primary N) is 1. The van der Waals surface area contributed by atoms with Gasteiger partial charge < -0.3 is 10.8 Å². The molecule has 1 saturated carbocycles. The molecular weight excluding hydrogens is 188 g/mol. The lowest BCUT2D eigenvalue weighted by Crippen LogP contribution is -2.42. The van der Waals surface area contributed by atoms with Crippen LogP contribution in [0, 0.1) is 5.92 Å². The number of aliphatic hydroxyl groups excluding tert-OH is 1. The van der Waals surface area contributed by atoms with Crippen molar-refractivity contribution < 1.29 is 5.11 Å². The van der Waals surface area contributed by atoms with Crippen LogP contribution in [-0.2, 0) is 0 Å². The predicted molar refractivity (Wildman–Crippen MR) is 63.8 cm³/mol. The minimum Gasteiger partial charge on any atom is -0.395 e. The van der Waals surface area contributed by atoms with Crippen molar-refractivity contribution in [2.45, 2.75) is 45.1 Å². The maximum atomic E-state index is 9.08. The smallest absolute Gasteiger partial charge is 0.0558 e. The summed E-state index contributed by atoms with van der Waals surface area (Å²) >= 11 is 0. The largest absolute Gasteiger partial charge is 0.395 e. The van der Waals surface area contributed by atoms with Crippen LogP contribution in [0.5, 0.6) is 0 Å². The van der Waals surface area contributed by atoms with E-state index in [2.05, 4.69) is 11.8 Å². The second-order valence-electron chi connectivity index (χ2n) is 4.61. The Kier molecular flexibility index (Phi) is 6.22. The van der Waals surface area contributed by atoms with Crippen LogP contribution in [0.4, 0.5) is 0 Å². The second-order valence-corrected chi connectivity index (χ2v) is 4.61. The van der Waals surface area contributed by atoms with Gasteiger partial charge >= 0.3 is 0 Å². The van der Waals surface area contributed by atoms with Gasteiger partial charge in [-0.25, -0.2) is 0 Å². The molecule has 0 bridgehead atoms. The minimum absolute atomic E-state index is 0.275. The molecule has 1 rings (SSSR count). The molecule has 0 aromatic carbocycles. The fourth-order valence-electron chi connectivity index (χ4n) is 2.71. The highest BCUT2D eigenvalue weighted by Crippen LogP contribution is 2.29. The molecule has 1 fully saturated rings. The van der Waals surface area contributed by atoms with Crippen molar-refractivity contribution in [3.05, 3.63) is 0 Å². The number of nitrogens with zero attached hydrogens (tertiary/aromatic N) is 1. The molecule has 0 spiro atoms. The molecule has 3 heteroatoms. The zero-order valence-corrected chi connectivity index (χ0v) is 9.99. The third-order valence-corrected chi connectivity index (χ3v) is 3.58. The first-order valence-corrected chi connectivity index (χ1v) is 6.38. The minimum atomic E-state index is 0.275. The Bertz CT molecular complexity index is 164. The Morgan fingerprint density at radius 1 is 1.33 bits per heavy atom. The molecule has 0 saturated heterocycles. The molecule has 0 aliphatic heterocycles. The van der Waals surface area contributed by atoms with Crippen LogP contribution in [0.15, 0.2) is 0 Å². The van der Waals surface area contributed by atoms with Crippen molar-refractivity contribution in [2.75, 3.05) is 26.2 Å². The first-order valence-electron chi connectivity index (χ1n) is 6.38. The maximum Gasteiger partial charge on any atom is 0.0558 e. The Labute approximate surface area is 93.6 Å². The molecule has 0 aromatic heterocycles. The van der Waals surface area contributed by atoms with Crippen molar-refractivity contribution >= 4 is 0 Å². The molecule has 1 aliphatic carbocycles. The fraction of sp³-hybridized carbons (Fsp3) is 1.00. The van der Waals surface area contributed by atoms with Crippen LogP contribution in [0.1, 0.15) is 39.0 Å². The van der Waals surface area contributed by atoms with Crippen LogP contribution in [0.25, 0.3) is 0 Å². The zero-order valence-electron chi connectivity index (χ0n) is 9.99. The highest BCUT2D eigenvalue weighted by Gasteiger charge is 2.30. The summed E-state index contributed by atoms with van der Waals surface area (Å²) in [7, 11) is 0. The normalized spacial score (nSPS) is 26.4. The molecule has 0 amide bonds. The Balaban J connectivity index is 2.45. The van der Waals surface area contributed by atoms with E-state index in [0.717, 1.165) is 19.6 Å². The van der Waals surface area contributed by atoms with Gasteiger partial charge in [0.15, 0.2) is 0 Å². The molecule has 2 atom stereocenters. The molecule has 0 heterocycles. The quantitative estimate of drug-likeness (QED) is 0.669. The first-order chi connectivity index (χ1) is 7.33. The molecule has 2 unspecified atom stereocenters. The Hall–Kier alpha value is -0.120. The highest BCUT2D eigenvalue weighted by atomic mass is 16.3. The van der Waals surface area contributed by atoms with E-state index in [1.807, 2.05) is 0 Å². The summed E-state index contributed by atoms with van der Waals surface area (Å²) in [5.41, 5.74) is 5.80. The molecular formula is C12H26N2O. The standard InChI is InChI=1S/C12H26N2O/c1-2-3-7-14(8-9-15)12-6-4-5-11(12)10-13/h11-12,15H,2-10,13H2,1H3. The van der Waals surface area contributed by atoms with E-state index >= 15 is 0 Å². The summed E-state index contributed by atoms with van der Waals surface area (Å²) in [6.07, 6.45) is 6.30. The molecule has 15 heavy (non-hydrogen) atoms. The zero-order chi connectivity index (χ0) is 11.1. The third-order valence-electron chi connectivity index (χ3n) is 3.58. The monoisotopic (exact) mass is 214 g/mol. The van der Waals surface area contributed by atoms with Gasteiger partial charge in [0.05, 0.1) is 6.61 Å². The van der Waals surface area contributed by atoms with Crippen molar-refractivity contribution in [2.24, 2.45) is 11.7 Å². The lowest BCUT2D eigenvalue weighted by atomic mass is 10.0. The van der Waals surface area contributed by atoms with Crippen LogP contribution < -0.4 is 5.73 Å². The van der Waals surface area contributed by atoms with Gasteiger partial charge in [-0.05, 0) is 38.3 Å². The summed E-state index contributed by atoms with van der Waals surface area (Å²) in [5.74, 6) is 0.661. The van der Waals surface area contributed by atoms with E-state index in [1.165, 1.54) is 32.1 Å². The maximum absolute atomic E-state index is 9.08. The summed E-state index contributed by atoms with van der Waals surface area (Å²) in [6.45, 7) is 5.24. The van der Waals surface area contributed by atoms with Crippen LogP contribution in [-0.4, -0.2) is 42.3 Å². The van der Waals surface area contributed by atoms with Gasteiger partial charge in [-0.1, -0.05) is 19.8 Å². The molecule has 3 nitrogen and oxygen atoms in total. The van der Waals surface area contributed by atoms with E-state index in [9.17, 15) is 0 Å². The molecule has 0 radical (unpaired) electrons. The van der Waals surface area contributed by atoms with E-state index < -0.39 is 0 Å². The molecule has 1 aliphatic rings. The highest BCUT2D eigenvalue weighted by molar-refractivity contribution is 4.85. The van der Waals surface area contributed by atoms with Crippen LogP contribution in [0.2, 0.25) is 0 Å². The Morgan fingerprint density at radius 2 is 2.13 bits per heavy atom. The predicted octanol–water partition coefficient (Wildman–Crippen LogP) is 1.21. The molecule has 90 valence electrons. The van der Waals surface area contributed by atoms with Gasteiger partial charge in [-0.2, -0.15) is 0 Å². The van der Waals surface area contributed by atoms with Crippen molar-refractivity contribution in [3.8, 4) is 0 Å². The van der Waals surface area contributed by atoms with E-state index in [0.29, 0.717) is 12.0 Å². The van der Waals surface area contributed by atoms with Gasteiger partial charge in [0, 0.05) is 12.6 Å². The van der Waals surface area contributed by atoms with Gasteiger partial charge in [0.1, 0.15) is 0 Å². The van der Waals surface area contributed by atoms with E-state index in [4.69, 9.17) is 10.8 Å².